The molecule has 1 saturated heterocycles. The zero-order chi connectivity index (χ0) is 18.0. The fourth-order valence-electron chi connectivity index (χ4n) is 3.43. The van der Waals surface area contributed by atoms with Gasteiger partial charge in [-0.3, -0.25) is 9.48 Å². The molecule has 2 aromatic rings. The monoisotopic (exact) mass is 343 g/mol. The first-order valence-electron chi connectivity index (χ1n) is 8.80. The minimum absolute atomic E-state index is 0.0261. The van der Waals surface area contributed by atoms with Crippen LogP contribution in [0.15, 0.2) is 12.4 Å². The van der Waals surface area contributed by atoms with E-state index in [1.165, 1.54) is 0 Å². The van der Waals surface area contributed by atoms with Crippen LogP contribution in [0, 0.1) is 13.8 Å². The molecule has 0 aliphatic carbocycles. The molecule has 134 valence electrons. The number of hydrogen-bond acceptors (Lipinski definition) is 5. The van der Waals surface area contributed by atoms with Crippen LogP contribution in [0.3, 0.4) is 0 Å². The molecule has 1 aliphatic heterocycles. The number of likely N-dealkylation sites (tertiary alicyclic amines) is 1. The van der Waals surface area contributed by atoms with Crippen molar-refractivity contribution in [2.45, 2.75) is 52.7 Å². The third kappa shape index (κ3) is 3.56. The van der Waals surface area contributed by atoms with Gasteiger partial charge in [0, 0.05) is 43.5 Å². The molecule has 0 bridgehead atoms. The van der Waals surface area contributed by atoms with Gasteiger partial charge in [-0.25, -0.2) is 9.97 Å². The number of rotatable bonds is 4. The van der Waals surface area contributed by atoms with Gasteiger partial charge in [0.25, 0.3) is 5.91 Å². The number of aliphatic hydroxyl groups excluding tert-OH is 1. The Labute approximate surface area is 147 Å². The number of amides is 1. The zero-order valence-corrected chi connectivity index (χ0v) is 15.1. The third-order valence-electron chi connectivity index (χ3n) is 4.78. The van der Waals surface area contributed by atoms with Gasteiger partial charge < -0.3 is 10.0 Å². The number of aliphatic hydroxyl groups is 1. The van der Waals surface area contributed by atoms with Crippen molar-refractivity contribution < 1.29 is 9.90 Å². The zero-order valence-electron chi connectivity index (χ0n) is 15.1. The highest BCUT2D eigenvalue weighted by Gasteiger charge is 2.29. The Hall–Kier alpha value is -2.28. The van der Waals surface area contributed by atoms with E-state index >= 15 is 0 Å². The Morgan fingerprint density at radius 2 is 2.20 bits per heavy atom. The van der Waals surface area contributed by atoms with Gasteiger partial charge in [0.15, 0.2) is 0 Å². The predicted molar refractivity (Wildman–Crippen MR) is 93.2 cm³/mol. The van der Waals surface area contributed by atoms with Crippen LogP contribution < -0.4 is 0 Å². The maximum atomic E-state index is 12.9. The summed E-state index contributed by atoms with van der Waals surface area (Å²) >= 11 is 0. The lowest BCUT2D eigenvalue weighted by Crippen LogP contribution is -2.39. The van der Waals surface area contributed by atoms with Crippen LogP contribution in [0.4, 0.5) is 0 Å². The molecule has 1 unspecified atom stereocenters. The van der Waals surface area contributed by atoms with E-state index in [0.29, 0.717) is 17.9 Å². The standard InChI is InChI=1S/C18H25N5O2/c1-4-23-10-16(12(2)21-23)18(25)22-7-5-6-14(9-22)17-15(11-24)8-19-13(3)20-17/h8,10,14,24H,4-7,9,11H2,1-3H3. The fraction of sp³-hybridized carbons (Fsp3) is 0.556. The van der Waals surface area contributed by atoms with E-state index in [0.717, 1.165) is 42.9 Å². The summed E-state index contributed by atoms with van der Waals surface area (Å²) in [5.41, 5.74) is 3.06. The molecule has 7 heteroatoms. The Kier molecular flexibility index (Phi) is 5.13. The maximum Gasteiger partial charge on any atom is 0.257 e. The second-order valence-corrected chi connectivity index (χ2v) is 6.56. The van der Waals surface area contributed by atoms with Crippen LogP contribution in [0.1, 0.15) is 58.8 Å². The second kappa shape index (κ2) is 7.31. The molecule has 25 heavy (non-hydrogen) atoms. The van der Waals surface area contributed by atoms with Gasteiger partial charge in [0.1, 0.15) is 5.82 Å². The third-order valence-corrected chi connectivity index (χ3v) is 4.78. The lowest BCUT2D eigenvalue weighted by molar-refractivity contribution is 0.0704. The predicted octanol–water partition coefficient (Wildman–Crippen LogP) is 1.82. The summed E-state index contributed by atoms with van der Waals surface area (Å²) < 4.78 is 1.79. The Morgan fingerprint density at radius 1 is 1.40 bits per heavy atom. The average Bonchev–Trinajstić information content (AvgIpc) is 3.02. The molecule has 1 N–H and O–H groups in total. The van der Waals surface area contributed by atoms with Gasteiger partial charge in [-0.05, 0) is 33.6 Å². The van der Waals surface area contributed by atoms with E-state index < -0.39 is 0 Å². The molecule has 1 aliphatic rings. The summed E-state index contributed by atoms with van der Waals surface area (Å²) in [6.07, 6.45) is 5.40. The Bertz CT molecular complexity index is 771. The number of aryl methyl sites for hydroxylation is 3. The van der Waals surface area contributed by atoms with Gasteiger partial charge in [-0.15, -0.1) is 0 Å². The van der Waals surface area contributed by atoms with E-state index in [9.17, 15) is 9.90 Å². The molecule has 7 nitrogen and oxygen atoms in total. The summed E-state index contributed by atoms with van der Waals surface area (Å²) in [6, 6.07) is 0. The summed E-state index contributed by atoms with van der Waals surface area (Å²) in [5.74, 6) is 0.844. The summed E-state index contributed by atoms with van der Waals surface area (Å²) in [4.78, 5) is 23.5. The first-order valence-corrected chi connectivity index (χ1v) is 8.80. The van der Waals surface area contributed by atoms with Crippen molar-refractivity contribution in [2.75, 3.05) is 13.1 Å². The molecule has 1 atom stereocenters. The second-order valence-electron chi connectivity index (χ2n) is 6.56. The van der Waals surface area contributed by atoms with Crippen LogP contribution in [-0.2, 0) is 13.2 Å². The molecule has 0 aromatic carbocycles. The van der Waals surface area contributed by atoms with E-state index in [1.807, 2.05) is 31.9 Å². The lowest BCUT2D eigenvalue weighted by Gasteiger charge is -2.33. The summed E-state index contributed by atoms with van der Waals surface area (Å²) in [5, 5.41) is 14.0. The highest BCUT2D eigenvalue weighted by Crippen LogP contribution is 2.29. The minimum atomic E-state index is -0.0809. The number of nitrogens with zero attached hydrogens (tertiary/aromatic N) is 5. The maximum absolute atomic E-state index is 12.9. The highest BCUT2D eigenvalue weighted by atomic mass is 16.3. The van der Waals surface area contributed by atoms with Crippen LogP contribution in [-0.4, -0.2) is 48.8 Å². The molecule has 1 fully saturated rings. The van der Waals surface area contributed by atoms with Crippen molar-refractivity contribution in [3.63, 3.8) is 0 Å². The molecular weight excluding hydrogens is 318 g/mol. The van der Waals surface area contributed by atoms with E-state index in [-0.39, 0.29) is 18.4 Å². The Balaban J connectivity index is 1.82. The molecule has 3 rings (SSSR count). The molecular formula is C18H25N5O2. The summed E-state index contributed by atoms with van der Waals surface area (Å²) in [6.45, 7) is 7.74. The average molecular weight is 343 g/mol. The largest absolute Gasteiger partial charge is 0.392 e. The normalized spacial score (nSPS) is 17.8. The smallest absolute Gasteiger partial charge is 0.257 e. The van der Waals surface area contributed by atoms with Gasteiger partial charge in [-0.1, -0.05) is 0 Å². The van der Waals surface area contributed by atoms with Crippen molar-refractivity contribution in [1.29, 1.82) is 0 Å². The van der Waals surface area contributed by atoms with Crippen LogP contribution in [0.5, 0.6) is 0 Å². The molecule has 2 aromatic heterocycles. The number of hydrogen-bond donors (Lipinski definition) is 1. The first kappa shape index (κ1) is 17.5. The number of aromatic nitrogens is 4. The van der Waals surface area contributed by atoms with E-state index in [2.05, 4.69) is 15.1 Å². The molecule has 3 heterocycles. The quantitative estimate of drug-likeness (QED) is 0.915. The van der Waals surface area contributed by atoms with Gasteiger partial charge in [0.05, 0.1) is 23.6 Å². The van der Waals surface area contributed by atoms with Crippen LogP contribution >= 0.6 is 0 Å². The van der Waals surface area contributed by atoms with Crippen molar-refractivity contribution in [2.24, 2.45) is 0 Å². The van der Waals surface area contributed by atoms with Gasteiger partial charge in [0.2, 0.25) is 0 Å². The number of carbonyl (C=O) groups is 1. The van der Waals surface area contributed by atoms with Gasteiger partial charge in [-0.2, -0.15) is 5.10 Å². The first-order chi connectivity index (χ1) is 12.0. The van der Waals surface area contributed by atoms with Crippen LogP contribution in [0.25, 0.3) is 0 Å². The molecule has 0 radical (unpaired) electrons. The lowest BCUT2D eigenvalue weighted by atomic mass is 9.91. The highest BCUT2D eigenvalue weighted by molar-refractivity contribution is 5.95. The summed E-state index contributed by atoms with van der Waals surface area (Å²) in [7, 11) is 0. The molecule has 0 spiro atoms. The Morgan fingerprint density at radius 3 is 2.88 bits per heavy atom. The van der Waals surface area contributed by atoms with Crippen molar-refractivity contribution in [3.05, 3.63) is 40.7 Å². The van der Waals surface area contributed by atoms with Crippen molar-refractivity contribution in [1.82, 2.24) is 24.6 Å². The van der Waals surface area contributed by atoms with Crippen LogP contribution in [0.2, 0.25) is 0 Å². The van der Waals surface area contributed by atoms with Crippen molar-refractivity contribution >= 4 is 5.91 Å². The van der Waals surface area contributed by atoms with E-state index in [1.54, 1.807) is 10.9 Å². The van der Waals surface area contributed by atoms with Crippen molar-refractivity contribution in [3.8, 4) is 0 Å². The minimum Gasteiger partial charge on any atom is -0.392 e. The number of piperidine rings is 1. The molecule has 1 amide bonds. The molecule has 0 saturated carbocycles. The van der Waals surface area contributed by atoms with Gasteiger partial charge >= 0.3 is 0 Å². The topological polar surface area (TPSA) is 84.1 Å². The fourth-order valence-corrected chi connectivity index (χ4v) is 3.43. The number of carbonyl (C=O) groups excluding carboxylic acids is 1. The van der Waals surface area contributed by atoms with E-state index in [4.69, 9.17) is 0 Å². The SMILES string of the molecule is CCn1cc(C(=O)N2CCCC(c3nc(C)ncc3CO)C2)c(C)n1.